The smallest absolute Gasteiger partial charge is 0.138 e. The maximum absolute atomic E-state index is 9.82. The molecule has 1 aliphatic rings. The lowest BCUT2D eigenvalue weighted by Gasteiger charge is -2.38. The van der Waals surface area contributed by atoms with Gasteiger partial charge in [0.25, 0.3) is 0 Å². The average molecular weight is 578 g/mol. The molecule has 0 aliphatic carbocycles. The van der Waals surface area contributed by atoms with E-state index in [2.05, 4.69) is 86.5 Å². The number of nitrogens with zero attached hydrogens (tertiary/aromatic N) is 4. The van der Waals surface area contributed by atoms with E-state index < -0.39 is 0 Å². The number of rotatable bonds is 4. The van der Waals surface area contributed by atoms with Crippen molar-refractivity contribution in [1.82, 2.24) is 24.8 Å². The van der Waals surface area contributed by atoms with E-state index in [1.165, 1.54) is 5.69 Å². The Kier molecular flexibility index (Phi) is 5.64. The van der Waals surface area contributed by atoms with E-state index in [1.807, 2.05) is 18.2 Å². The molecule has 0 bridgehead atoms. The summed E-state index contributed by atoms with van der Waals surface area (Å²) in [5.74, 6) is 1.90. The highest BCUT2D eigenvalue weighted by Gasteiger charge is 2.19. The number of phenols is 1. The Morgan fingerprint density at radius 3 is 2.06 bits per heavy atom. The molecule has 0 unspecified atom stereocenters. The van der Waals surface area contributed by atoms with E-state index in [0.29, 0.717) is 6.04 Å². The topological polar surface area (TPSA) is 84.1 Å². The summed E-state index contributed by atoms with van der Waals surface area (Å²) in [6.07, 6.45) is 0. The summed E-state index contributed by atoms with van der Waals surface area (Å²) in [5.41, 5.74) is 7.05. The molecule has 1 aliphatic heterocycles. The quantitative estimate of drug-likeness (QED) is 0.242. The second kappa shape index (κ2) is 8.83. The first-order valence-electron chi connectivity index (χ1n) is 11.9. The number of benzene rings is 3. The Morgan fingerprint density at radius 2 is 1.40 bits per heavy atom. The number of aromatic nitrogens is 4. The van der Waals surface area contributed by atoms with Gasteiger partial charge in [0.2, 0.25) is 0 Å². The molecule has 1 saturated heterocycles. The number of nitrogens with one attached hydrogen (secondary N) is 2. The van der Waals surface area contributed by atoms with Crippen LogP contribution in [0.5, 0.6) is 5.75 Å². The second-order valence-corrected chi connectivity index (χ2v) is 10.5. The van der Waals surface area contributed by atoms with Crippen LogP contribution in [0.1, 0.15) is 13.8 Å². The standard InChI is InChI=1S/C27H27IN6O/c1-16(2)33-9-11-34(12-10-33)19-5-7-22-24(15-19)32-27(30-22)18-3-6-21-23(14-18)31-26(29-21)17-4-8-25(35)20(28)13-17/h3-8,13-16,35H,9-12H2,1-2H3,(H,29,31)(H,30,32). The van der Waals surface area contributed by atoms with E-state index in [9.17, 15) is 5.11 Å². The van der Waals surface area contributed by atoms with Gasteiger partial charge in [0.15, 0.2) is 0 Å². The first-order chi connectivity index (χ1) is 16.9. The van der Waals surface area contributed by atoms with E-state index in [1.54, 1.807) is 6.07 Å². The summed E-state index contributed by atoms with van der Waals surface area (Å²) in [5, 5.41) is 9.82. The third kappa shape index (κ3) is 4.25. The summed E-state index contributed by atoms with van der Waals surface area (Å²) >= 11 is 2.13. The minimum absolute atomic E-state index is 0.276. The summed E-state index contributed by atoms with van der Waals surface area (Å²) in [4.78, 5) is 21.5. The fourth-order valence-electron chi connectivity index (χ4n) is 4.78. The van der Waals surface area contributed by atoms with E-state index in [4.69, 9.17) is 9.97 Å². The molecule has 2 aromatic heterocycles. The number of aromatic hydroxyl groups is 1. The zero-order chi connectivity index (χ0) is 24.1. The van der Waals surface area contributed by atoms with Crippen LogP contribution in [0.4, 0.5) is 5.69 Å². The first kappa shape index (κ1) is 22.4. The number of phenolic OH excluding ortho intramolecular Hbond substituents is 1. The van der Waals surface area contributed by atoms with Crippen molar-refractivity contribution in [3.05, 3.63) is 58.2 Å². The minimum Gasteiger partial charge on any atom is -0.507 e. The molecule has 35 heavy (non-hydrogen) atoms. The Labute approximate surface area is 217 Å². The molecule has 3 aromatic carbocycles. The Morgan fingerprint density at radius 1 is 0.800 bits per heavy atom. The van der Waals surface area contributed by atoms with E-state index in [-0.39, 0.29) is 5.75 Å². The lowest BCUT2D eigenvalue weighted by molar-refractivity contribution is 0.209. The van der Waals surface area contributed by atoms with Crippen molar-refractivity contribution in [1.29, 1.82) is 0 Å². The molecule has 0 atom stereocenters. The van der Waals surface area contributed by atoms with Crippen LogP contribution in [0.3, 0.4) is 0 Å². The monoisotopic (exact) mass is 578 g/mol. The van der Waals surface area contributed by atoms with Gasteiger partial charge in [0, 0.05) is 49.0 Å². The number of hydrogen-bond donors (Lipinski definition) is 3. The number of fused-ring (bicyclic) bond motifs is 2. The summed E-state index contributed by atoms with van der Waals surface area (Å²) in [6, 6.07) is 18.8. The third-order valence-electron chi connectivity index (χ3n) is 6.85. The molecule has 5 aromatic rings. The van der Waals surface area contributed by atoms with E-state index in [0.717, 1.165) is 74.6 Å². The van der Waals surface area contributed by atoms with E-state index >= 15 is 0 Å². The van der Waals surface area contributed by atoms with Gasteiger partial charge in [-0.25, -0.2) is 9.97 Å². The number of aromatic amines is 2. The predicted molar refractivity (Wildman–Crippen MR) is 150 cm³/mol. The Hall–Kier alpha value is -3.11. The number of hydrogen-bond acceptors (Lipinski definition) is 5. The van der Waals surface area contributed by atoms with Crippen LogP contribution in [0.2, 0.25) is 0 Å². The van der Waals surface area contributed by atoms with Gasteiger partial charge < -0.3 is 20.0 Å². The van der Waals surface area contributed by atoms with Crippen LogP contribution >= 0.6 is 22.6 Å². The molecule has 0 spiro atoms. The number of anilines is 1. The summed E-state index contributed by atoms with van der Waals surface area (Å²) < 4.78 is 0.796. The molecular weight excluding hydrogens is 551 g/mol. The van der Waals surface area contributed by atoms with Crippen molar-refractivity contribution >= 4 is 50.3 Å². The first-order valence-corrected chi connectivity index (χ1v) is 13.0. The normalized spacial score (nSPS) is 15.0. The predicted octanol–water partition coefficient (Wildman–Crippen LogP) is 5.61. The van der Waals surface area contributed by atoms with Crippen LogP contribution < -0.4 is 4.90 Å². The molecule has 0 amide bonds. The molecule has 0 radical (unpaired) electrons. The van der Waals surface area contributed by atoms with Gasteiger partial charge in [-0.05, 0) is 91.0 Å². The molecule has 1 fully saturated rings. The number of halogens is 1. The summed E-state index contributed by atoms with van der Waals surface area (Å²) in [7, 11) is 0. The molecule has 8 heteroatoms. The van der Waals surface area contributed by atoms with Crippen molar-refractivity contribution in [2.45, 2.75) is 19.9 Å². The van der Waals surface area contributed by atoms with Crippen LogP contribution in [0, 0.1) is 3.57 Å². The van der Waals surface area contributed by atoms with Gasteiger partial charge in [-0.2, -0.15) is 0 Å². The zero-order valence-corrected chi connectivity index (χ0v) is 21.9. The highest BCUT2D eigenvalue weighted by Crippen LogP contribution is 2.30. The van der Waals surface area contributed by atoms with Crippen molar-refractivity contribution in [3.63, 3.8) is 0 Å². The fraction of sp³-hybridized carbons (Fsp3) is 0.259. The molecule has 3 N–H and O–H groups in total. The van der Waals surface area contributed by atoms with Crippen molar-refractivity contribution in [2.75, 3.05) is 31.1 Å². The Bertz CT molecular complexity index is 1530. The number of piperazine rings is 1. The number of H-pyrrole nitrogens is 2. The molecule has 178 valence electrons. The highest BCUT2D eigenvalue weighted by atomic mass is 127. The van der Waals surface area contributed by atoms with Crippen LogP contribution in [0.15, 0.2) is 54.6 Å². The second-order valence-electron chi connectivity index (χ2n) is 9.39. The zero-order valence-electron chi connectivity index (χ0n) is 19.7. The van der Waals surface area contributed by atoms with Gasteiger partial charge in [-0.3, -0.25) is 4.90 Å². The largest absolute Gasteiger partial charge is 0.507 e. The molecule has 6 rings (SSSR count). The molecule has 3 heterocycles. The average Bonchev–Trinajstić information content (AvgIpc) is 3.49. The minimum atomic E-state index is 0.276. The lowest BCUT2D eigenvalue weighted by atomic mass is 10.2. The third-order valence-corrected chi connectivity index (χ3v) is 7.72. The number of imidazole rings is 2. The Balaban J connectivity index is 1.28. The van der Waals surface area contributed by atoms with Gasteiger partial charge in [-0.1, -0.05) is 0 Å². The van der Waals surface area contributed by atoms with Crippen LogP contribution in [-0.2, 0) is 0 Å². The van der Waals surface area contributed by atoms with Gasteiger partial charge in [-0.15, -0.1) is 0 Å². The maximum Gasteiger partial charge on any atom is 0.138 e. The maximum atomic E-state index is 9.82. The molecule has 0 saturated carbocycles. The fourth-order valence-corrected chi connectivity index (χ4v) is 5.29. The molecular formula is C27H27IN6O. The van der Waals surface area contributed by atoms with Crippen molar-refractivity contribution in [3.8, 4) is 28.5 Å². The lowest BCUT2D eigenvalue weighted by Crippen LogP contribution is -2.48. The molecule has 7 nitrogen and oxygen atoms in total. The van der Waals surface area contributed by atoms with Gasteiger partial charge in [0.05, 0.1) is 25.6 Å². The highest BCUT2D eigenvalue weighted by molar-refractivity contribution is 14.1. The van der Waals surface area contributed by atoms with Crippen molar-refractivity contribution < 1.29 is 5.11 Å². The van der Waals surface area contributed by atoms with Gasteiger partial charge in [0.1, 0.15) is 17.4 Å². The van der Waals surface area contributed by atoms with Crippen LogP contribution in [-0.4, -0.2) is 62.2 Å². The SMILES string of the molecule is CC(C)N1CCN(c2ccc3nc(-c4ccc5nc(-c6ccc(O)c(I)c6)[nH]c5c4)[nH]c3c2)CC1. The summed E-state index contributed by atoms with van der Waals surface area (Å²) in [6.45, 7) is 8.82. The van der Waals surface area contributed by atoms with Gasteiger partial charge >= 0.3 is 0 Å². The van der Waals surface area contributed by atoms with Crippen LogP contribution in [0.25, 0.3) is 44.8 Å². The van der Waals surface area contributed by atoms with Crippen molar-refractivity contribution in [2.24, 2.45) is 0 Å².